The van der Waals surface area contributed by atoms with Gasteiger partial charge in [-0.05, 0) is 27.2 Å². The molecule has 2 aromatic rings. The van der Waals surface area contributed by atoms with Gasteiger partial charge < -0.3 is 47.4 Å². The third-order valence-electron chi connectivity index (χ3n) is 10.3. The molecule has 8 rings (SSSR count). The predicted octanol–water partition coefficient (Wildman–Crippen LogP) is 4.73. The van der Waals surface area contributed by atoms with Gasteiger partial charge in [0.05, 0.1) is 16.5 Å². The third-order valence-corrected chi connectivity index (χ3v) is 10.3. The van der Waals surface area contributed by atoms with E-state index >= 15 is 0 Å². The molecule has 0 spiro atoms. The average molecular weight is 875 g/mol. The van der Waals surface area contributed by atoms with Crippen LogP contribution in [0.3, 0.4) is 0 Å². The highest BCUT2D eigenvalue weighted by atomic mass is 19.2. The van der Waals surface area contributed by atoms with Gasteiger partial charge in [0.2, 0.25) is 23.8 Å². The Hall–Kier alpha value is -4.88. The zero-order valence-electron chi connectivity index (χ0n) is 30.8. The van der Waals surface area contributed by atoms with Gasteiger partial charge in [0.25, 0.3) is 0 Å². The third kappa shape index (κ3) is 6.95. The van der Waals surface area contributed by atoms with Gasteiger partial charge in [0, 0.05) is 5.57 Å². The Morgan fingerprint density at radius 2 is 0.900 bits per heavy atom. The van der Waals surface area contributed by atoms with Gasteiger partial charge in [-0.2, -0.15) is 0 Å². The van der Waals surface area contributed by atoms with Crippen molar-refractivity contribution in [3.05, 3.63) is 81.5 Å². The number of rotatable bonds is 7. The first-order chi connectivity index (χ1) is 28.1. The molecule has 60 heavy (non-hydrogen) atoms. The van der Waals surface area contributed by atoms with E-state index in [2.05, 4.69) is 6.58 Å². The highest BCUT2D eigenvalue weighted by Gasteiger charge is 2.65. The van der Waals surface area contributed by atoms with Gasteiger partial charge in [-0.15, -0.1) is 0 Å². The number of carbonyl (C=O) groups is 4. The predicted molar refractivity (Wildman–Crippen MR) is 166 cm³/mol. The lowest BCUT2D eigenvalue weighted by Gasteiger charge is -2.24. The largest absolute Gasteiger partial charge is 0.454 e. The molecule has 2 aromatic carbocycles. The number of halogens is 10. The van der Waals surface area contributed by atoms with Crippen LogP contribution in [0.1, 0.15) is 57.8 Å². The molecular weight excluding hydrogens is 846 g/mol. The molecule has 0 radical (unpaired) electrons. The molecular formula is C36H28F10O14. The topological polar surface area (TPSA) is 161 Å². The molecule has 12 atom stereocenters. The van der Waals surface area contributed by atoms with Crippen molar-refractivity contribution >= 4 is 23.9 Å². The molecule has 6 aliphatic heterocycles. The fourth-order valence-electron chi connectivity index (χ4n) is 6.62. The van der Waals surface area contributed by atoms with Gasteiger partial charge in [0.15, 0.2) is 96.1 Å². The normalized spacial score (nSPS) is 32.4. The summed E-state index contributed by atoms with van der Waals surface area (Å²) >= 11 is 0. The van der Waals surface area contributed by atoms with Crippen LogP contribution >= 0.6 is 0 Å². The van der Waals surface area contributed by atoms with Crippen LogP contribution in [0.2, 0.25) is 0 Å². The summed E-state index contributed by atoms with van der Waals surface area (Å²) in [6, 6.07) is 0. The zero-order chi connectivity index (χ0) is 44.0. The lowest BCUT2D eigenvalue weighted by molar-refractivity contribution is -0.189. The van der Waals surface area contributed by atoms with Crippen molar-refractivity contribution in [1.82, 2.24) is 0 Å². The highest BCUT2D eigenvalue weighted by Crippen LogP contribution is 2.47. The van der Waals surface area contributed by atoms with E-state index in [9.17, 15) is 63.1 Å². The zero-order valence-corrected chi connectivity index (χ0v) is 30.8. The molecule has 6 heterocycles. The first kappa shape index (κ1) is 43.2. The molecule has 0 N–H and O–H groups in total. The minimum Gasteiger partial charge on any atom is -0.454 e. The van der Waals surface area contributed by atoms with Gasteiger partial charge in [-0.1, -0.05) is 13.5 Å². The monoisotopic (exact) mass is 874 g/mol. The van der Waals surface area contributed by atoms with Crippen LogP contribution in [0.15, 0.2) is 12.2 Å². The van der Waals surface area contributed by atoms with Crippen molar-refractivity contribution in [1.29, 1.82) is 0 Å². The SMILES string of the molecule is C=C(C)C(=O)O[C@@H]1C(=O)O[C@@H]2[C@H]3OC(c4c(F)c(F)c(F)c(F)c4F)O[C@H]3O[C@@H]21.CCC(C)(C)C(=O)O[C@@H]1C(=O)O[C@@H]2[C@H]3OC(c4c(F)c(F)c(F)c(F)c4F)O[C@H]3O[C@@H]21. The molecule has 14 nitrogen and oxygen atoms in total. The summed E-state index contributed by atoms with van der Waals surface area (Å²) in [5.74, 6) is -25.2. The summed E-state index contributed by atoms with van der Waals surface area (Å²) in [6.07, 6.45) is -16.3. The smallest absolute Gasteiger partial charge is 0.350 e. The fourth-order valence-corrected chi connectivity index (χ4v) is 6.62. The molecule has 0 aliphatic carbocycles. The standard InChI is InChI=1S/C19H17F5O7.C17H11F5O7/c1-4-19(2,3)18(26)30-13-11-12(27-15(13)25)14-17(28-11)31-16(29-14)5-6(20)8(22)10(24)9(23)7(5)21;1-3(2)14(23)26-12-10-11(25-15(12)24)13-17(27-10)29-16(28-13)4-5(18)7(20)9(22)8(21)6(4)19/h11-14,16-17H,4H2,1-3H3;10-13,16-17H,1H2,2H3/t11-,12-,13-,14+,16?,17+;10-,11-,12-,13+,16?,17+/m00/s1. The second kappa shape index (κ2) is 15.5. The maximum atomic E-state index is 14.0. The molecule has 24 heteroatoms. The van der Waals surface area contributed by atoms with Crippen LogP contribution in [-0.2, 0) is 66.5 Å². The summed E-state index contributed by atoms with van der Waals surface area (Å²) in [5, 5.41) is 0. The van der Waals surface area contributed by atoms with Crippen LogP contribution in [-0.4, -0.2) is 85.3 Å². The first-order valence-electron chi connectivity index (χ1n) is 17.5. The maximum Gasteiger partial charge on any atom is 0.350 e. The number of ether oxygens (including phenoxy) is 10. The minimum atomic E-state index is -2.33. The summed E-state index contributed by atoms with van der Waals surface area (Å²) < 4.78 is 188. The number of carbonyl (C=O) groups excluding carboxylic acids is 4. The molecule has 0 amide bonds. The van der Waals surface area contributed by atoms with Crippen LogP contribution in [0.25, 0.3) is 0 Å². The van der Waals surface area contributed by atoms with Crippen molar-refractivity contribution in [3.8, 4) is 0 Å². The lowest BCUT2D eigenvalue weighted by atomic mass is 9.90. The van der Waals surface area contributed by atoms with Crippen molar-refractivity contribution < 1.29 is 110 Å². The molecule has 6 fully saturated rings. The number of fused-ring (bicyclic) bond motifs is 6. The van der Waals surface area contributed by atoms with Crippen molar-refractivity contribution in [2.45, 2.75) is 108 Å². The molecule has 6 aliphatic rings. The van der Waals surface area contributed by atoms with Crippen molar-refractivity contribution in [2.24, 2.45) is 5.41 Å². The Bertz CT molecular complexity index is 2130. The van der Waals surface area contributed by atoms with E-state index in [0.717, 1.165) is 0 Å². The van der Waals surface area contributed by atoms with Gasteiger partial charge in [0.1, 0.15) is 12.2 Å². The quantitative estimate of drug-likeness (QED) is 0.0939. The van der Waals surface area contributed by atoms with E-state index in [4.69, 9.17) is 47.4 Å². The van der Waals surface area contributed by atoms with Gasteiger partial charge >= 0.3 is 23.9 Å². The number of hydrogen-bond acceptors (Lipinski definition) is 14. The summed E-state index contributed by atoms with van der Waals surface area (Å²) in [6.45, 7) is 9.73. The lowest BCUT2D eigenvalue weighted by Crippen LogP contribution is -2.39. The average Bonchev–Trinajstić information content (AvgIpc) is 4.04. The maximum absolute atomic E-state index is 14.0. The van der Waals surface area contributed by atoms with Crippen molar-refractivity contribution in [2.75, 3.05) is 0 Å². The molecule has 0 bridgehead atoms. The minimum absolute atomic E-state index is 0.0123. The highest BCUT2D eigenvalue weighted by molar-refractivity contribution is 5.90. The van der Waals surface area contributed by atoms with Crippen LogP contribution in [0, 0.1) is 63.6 Å². The molecule has 6 saturated heterocycles. The number of esters is 4. The van der Waals surface area contributed by atoms with E-state index < -0.39 is 173 Å². The summed E-state index contributed by atoms with van der Waals surface area (Å²) in [7, 11) is 0. The fraction of sp³-hybridized carbons (Fsp3) is 0.500. The Labute approximate surface area is 329 Å². The summed E-state index contributed by atoms with van der Waals surface area (Å²) in [4.78, 5) is 48.1. The Morgan fingerprint density at radius 3 is 1.25 bits per heavy atom. The van der Waals surface area contributed by atoms with Crippen LogP contribution in [0.4, 0.5) is 43.9 Å². The Balaban J connectivity index is 0.000000182. The molecule has 2 unspecified atom stereocenters. The van der Waals surface area contributed by atoms with E-state index in [1.54, 1.807) is 20.8 Å². The van der Waals surface area contributed by atoms with Gasteiger partial charge in [-0.25, -0.2) is 58.3 Å². The molecule has 0 saturated carbocycles. The molecule has 0 aromatic heterocycles. The van der Waals surface area contributed by atoms with Crippen LogP contribution < -0.4 is 0 Å². The van der Waals surface area contributed by atoms with Crippen molar-refractivity contribution in [3.63, 3.8) is 0 Å². The van der Waals surface area contributed by atoms with Gasteiger partial charge in [-0.3, -0.25) is 4.79 Å². The van der Waals surface area contributed by atoms with E-state index in [1.165, 1.54) is 6.92 Å². The number of benzene rings is 2. The first-order valence-corrected chi connectivity index (χ1v) is 17.5. The molecule has 326 valence electrons. The van der Waals surface area contributed by atoms with E-state index in [1.807, 2.05) is 0 Å². The summed E-state index contributed by atoms with van der Waals surface area (Å²) in [5.41, 5.74) is -3.54. The van der Waals surface area contributed by atoms with Crippen LogP contribution in [0.5, 0.6) is 0 Å². The Kier molecular flexibility index (Phi) is 11.2. The van der Waals surface area contributed by atoms with E-state index in [-0.39, 0.29) is 5.57 Å². The Morgan fingerprint density at radius 1 is 0.550 bits per heavy atom. The second-order valence-corrected chi connectivity index (χ2v) is 14.5. The second-order valence-electron chi connectivity index (χ2n) is 14.5. The number of hydrogen-bond donors (Lipinski definition) is 0. The van der Waals surface area contributed by atoms with E-state index in [0.29, 0.717) is 6.42 Å².